The monoisotopic (exact) mass is 441 g/mol. The molecule has 0 aliphatic carbocycles. The van der Waals surface area contributed by atoms with E-state index in [1.807, 2.05) is 0 Å². The van der Waals surface area contributed by atoms with Gasteiger partial charge in [0.15, 0.2) is 0 Å². The maximum atomic E-state index is 13.7. The van der Waals surface area contributed by atoms with Gasteiger partial charge in [-0.25, -0.2) is 4.39 Å². The summed E-state index contributed by atoms with van der Waals surface area (Å²) in [4.78, 5) is 12.0. The van der Waals surface area contributed by atoms with E-state index >= 15 is 0 Å². The van der Waals surface area contributed by atoms with Crippen molar-refractivity contribution in [2.24, 2.45) is 0 Å². The van der Waals surface area contributed by atoms with E-state index in [4.69, 9.17) is 11.6 Å². The third-order valence-corrected chi connectivity index (χ3v) is 4.71. The van der Waals surface area contributed by atoms with E-state index < -0.39 is 5.82 Å². The Balaban J connectivity index is 1.65. The highest BCUT2D eigenvalue weighted by Crippen LogP contribution is 2.22. The topological polar surface area (TPSA) is 72.7 Å². The molecule has 128 valence electrons. The van der Waals surface area contributed by atoms with Gasteiger partial charge >= 0.3 is 0 Å². The van der Waals surface area contributed by atoms with Crippen LogP contribution in [-0.4, -0.2) is 31.9 Å². The van der Waals surface area contributed by atoms with Gasteiger partial charge in [0.2, 0.25) is 11.1 Å². The summed E-state index contributed by atoms with van der Waals surface area (Å²) in [5, 5.41) is 15.0. The van der Waals surface area contributed by atoms with E-state index in [0.717, 1.165) is 17.4 Å². The van der Waals surface area contributed by atoms with Gasteiger partial charge in [-0.3, -0.25) is 4.79 Å². The van der Waals surface area contributed by atoms with Crippen LogP contribution in [0.25, 0.3) is 5.69 Å². The number of nitrogens with zero attached hydrogens (tertiary/aromatic N) is 4. The normalized spacial score (nSPS) is 10.7. The first kappa shape index (κ1) is 17.8. The molecule has 25 heavy (non-hydrogen) atoms. The average Bonchev–Trinajstić information content (AvgIpc) is 3.05. The summed E-state index contributed by atoms with van der Waals surface area (Å²) in [6, 6.07) is 11.4. The van der Waals surface area contributed by atoms with Crippen LogP contribution < -0.4 is 5.32 Å². The molecule has 2 aromatic carbocycles. The molecular weight excluding hydrogens is 433 g/mol. The highest BCUT2D eigenvalue weighted by atomic mass is 79.9. The van der Waals surface area contributed by atoms with Gasteiger partial charge in [-0.2, -0.15) is 4.68 Å². The van der Waals surface area contributed by atoms with Gasteiger partial charge in [0.05, 0.1) is 17.1 Å². The lowest BCUT2D eigenvalue weighted by Crippen LogP contribution is -2.15. The van der Waals surface area contributed by atoms with Crippen LogP contribution in [0.2, 0.25) is 5.02 Å². The number of anilines is 1. The first-order valence-corrected chi connectivity index (χ1v) is 9.10. The Morgan fingerprint density at radius 2 is 2.04 bits per heavy atom. The number of amides is 1. The minimum absolute atomic E-state index is 0.0312. The van der Waals surface area contributed by atoms with Crippen molar-refractivity contribution >= 4 is 50.9 Å². The number of rotatable bonds is 5. The number of benzene rings is 2. The van der Waals surface area contributed by atoms with Gasteiger partial charge in [0.1, 0.15) is 5.82 Å². The fourth-order valence-corrected chi connectivity index (χ4v) is 3.07. The number of halogens is 3. The van der Waals surface area contributed by atoms with Crippen molar-refractivity contribution in [2.45, 2.75) is 5.16 Å². The molecule has 0 spiro atoms. The maximum absolute atomic E-state index is 13.7. The third-order valence-electron chi connectivity index (χ3n) is 3.05. The predicted octanol–water partition coefficient (Wildman–Crippen LogP) is 3.95. The maximum Gasteiger partial charge on any atom is 0.234 e. The SMILES string of the molecule is O=C(CSc1nnnn1-c1ccc(Cl)cc1)Nc1ccc(Br)cc1F. The lowest BCUT2D eigenvalue weighted by atomic mass is 10.3. The van der Waals surface area contributed by atoms with E-state index in [1.165, 1.54) is 16.8 Å². The van der Waals surface area contributed by atoms with Crippen molar-refractivity contribution in [1.82, 2.24) is 20.2 Å². The summed E-state index contributed by atoms with van der Waals surface area (Å²) in [5.41, 5.74) is 0.836. The second kappa shape index (κ2) is 7.94. The van der Waals surface area contributed by atoms with Crippen molar-refractivity contribution in [3.8, 4) is 5.69 Å². The van der Waals surface area contributed by atoms with E-state index in [9.17, 15) is 9.18 Å². The largest absolute Gasteiger partial charge is 0.323 e. The van der Waals surface area contributed by atoms with Gasteiger partial charge in [-0.15, -0.1) is 5.10 Å². The number of aromatic nitrogens is 4. The van der Waals surface area contributed by atoms with Gasteiger partial charge in [0, 0.05) is 9.50 Å². The van der Waals surface area contributed by atoms with Crippen LogP contribution in [0.1, 0.15) is 0 Å². The van der Waals surface area contributed by atoms with E-state index in [2.05, 4.69) is 36.8 Å². The van der Waals surface area contributed by atoms with E-state index in [1.54, 1.807) is 30.3 Å². The third kappa shape index (κ3) is 4.56. The molecule has 0 atom stereocenters. The van der Waals surface area contributed by atoms with Gasteiger partial charge in [0.25, 0.3) is 0 Å². The predicted molar refractivity (Wildman–Crippen MR) is 97.6 cm³/mol. The molecule has 0 unspecified atom stereocenters. The van der Waals surface area contributed by atoms with E-state index in [0.29, 0.717) is 14.7 Å². The molecule has 1 heterocycles. The molecule has 1 N–H and O–H groups in total. The number of nitrogens with one attached hydrogen (secondary N) is 1. The molecule has 1 aromatic heterocycles. The Hall–Kier alpha value is -1.97. The number of carbonyl (C=O) groups is 1. The van der Waals surface area contributed by atoms with Gasteiger partial charge in [-0.05, 0) is 52.9 Å². The highest BCUT2D eigenvalue weighted by Gasteiger charge is 2.13. The number of carbonyl (C=O) groups excluding carboxylic acids is 1. The van der Waals surface area contributed by atoms with Crippen molar-refractivity contribution in [2.75, 3.05) is 11.1 Å². The van der Waals surface area contributed by atoms with Crippen LogP contribution in [0.3, 0.4) is 0 Å². The van der Waals surface area contributed by atoms with Crippen LogP contribution in [0, 0.1) is 5.82 Å². The minimum Gasteiger partial charge on any atom is -0.323 e. The molecule has 0 bridgehead atoms. The summed E-state index contributed by atoms with van der Waals surface area (Å²) in [6.45, 7) is 0. The minimum atomic E-state index is -0.515. The lowest BCUT2D eigenvalue weighted by molar-refractivity contribution is -0.113. The molecule has 0 saturated heterocycles. The molecule has 0 saturated carbocycles. The molecule has 6 nitrogen and oxygen atoms in total. The fourth-order valence-electron chi connectivity index (χ4n) is 1.92. The van der Waals surface area contributed by atoms with Crippen LogP contribution in [0.5, 0.6) is 0 Å². The number of tetrazole rings is 1. The molecule has 3 rings (SSSR count). The van der Waals surface area contributed by atoms with Crippen molar-refractivity contribution in [1.29, 1.82) is 0 Å². The quantitative estimate of drug-likeness (QED) is 0.606. The Labute approximate surface area is 159 Å². The molecule has 1 amide bonds. The smallest absolute Gasteiger partial charge is 0.234 e. The fraction of sp³-hybridized carbons (Fsp3) is 0.0667. The summed E-state index contributed by atoms with van der Waals surface area (Å²) in [5.74, 6) is -0.848. The van der Waals surface area contributed by atoms with E-state index in [-0.39, 0.29) is 17.3 Å². The molecule has 3 aromatic rings. The van der Waals surface area contributed by atoms with Crippen molar-refractivity contribution in [3.05, 3.63) is 57.8 Å². The number of hydrogen-bond acceptors (Lipinski definition) is 5. The van der Waals surface area contributed by atoms with Crippen molar-refractivity contribution < 1.29 is 9.18 Å². The first-order valence-electron chi connectivity index (χ1n) is 6.95. The Morgan fingerprint density at radius 1 is 1.28 bits per heavy atom. The second-order valence-electron chi connectivity index (χ2n) is 4.81. The standard InChI is InChI=1S/C15H10BrClFN5OS/c16-9-1-6-13(12(18)7-9)19-14(24)8-25-15-20-21-22-23(15)11-4-2-10(17)3-5-11/h1-7H,8H2,(H,19,24). The second-order valence-corrected chi connectivity index (χ2v) is 7.11. The molecule has 0 aliphatic heterocycles. The average molecular weight is 443 g/mol. The summed E-state index contributed by atoms with van der Waals surface area (Å²) < 4.78 is 15.8. The van der Waals surface area contributed by atoms with Gasteiger partial charge < -0.3 is 5.32 Å². The van der Waals surface area contributed by atoms with Crippen LogP contribution in [-0.2, 0) is 4.79 Å². The van der Waals surface area contributed by atoms with Crippen LogP contribution in [0.4, 0.5) is 10.1 Å². The Kier molecular flexibility index (Phi) is 5.67. The summed E-state index contributed by atoms with van der Waals surface area (Å²) >= 11 is 10.2. The zero-order valence-corrected chi connectivity index (χ0v) is 15.6. The van der Waals surface area contributed by atoms with Crippen molar-refractivity contribution in [3.63, 3.8) is 0 Å². The Bertz CT molecular complexity index is 905. The molecule has 0 radical (unpaired) electrons. The molecular formula is C15H10BrClFN5OS. The summed E-state index contributed by atoms with van der Waals surface area (Å²) in [7, 11) is 0. The lowest BCUT2D eigenvalue weighted by Gasteiger charge is -2.07. The Morgan fingerprint density at radius 3 is 2.76 bits per heavy atom. The number of thioether (sulfide) groups is 1. The molecule has 10 heteroatoms. The first-order chi connectivity index (χ1) is 12.0. The van der Waals surface area contributed by atoms with Gasteiger partial charge in [-0.1, -0.05) is 39.3 Å². The summed E-state index contributed by atoms with van der Waals surface area (Å²) in [6.07, 6.45) is 0. The highest BCUT2D eigenvalue weighted by molar-refractivity contribution is 9.10. The number of hydrogen-bond donors (Lipinski definition) is 1. The zero-order valence-electron chi connectivity index (χ0n) is 12.5. The molecule has 0 aliphatic rings. The molecule has 0 fully saturated rings. The van der Waals surface area contributed by atoms with Crippen LogP contribution >= 0.6 is 39.3 Å². The van der Waals surface area contributed by atoms with Crippen LogP contribution in [0.15, 0.2) is 52.1 Å². The zero-order chi connectivity index (χ0) is 17.8.